The molecule has 0 saturated carbocycles. The minimum Gasteiger partial charge on any atom is -0.368 e. The minimum absolute atomic E-state index is 0.302. The molecule has 1 aliphatic heterocycles. The number of nitrogens with one attached hydrogen (secondary N) is 2. The molecular formula is C23H27F3N6. The summed E-state index contributed by atoms with van der Waals surface area (Å²) < 4.78 is 40.0. The highest BCUT2D eigenvalue weighted by atomic mass is 19.2. The third-order valence-electron chi connectivity index (χ3n) is 5.66. The van der Waals surface area contributed by atoms with E-state index in [1.807, 2.05) is 24.3 Å². The number of fused-ring (bicyclic) bond motifs is 1. The Morgan fingerprint density at radius 2 is 1.62 bits per heavy atom. The molecule has 1 aromatic heterocycles. The first-order valence-corrected chi connectivity index (χ1v) is 10.8. The van der Waals surface area contributed by atoms with Crippen LogP contribution in [0.15, 0.2) is 36.4 Å². The normalized spacial score (nSPS) is 15.2. The van der Waals surface area contributed by atoms with E-state index in [1.165, 1.54) is 0 Å². The van der Waals surface area contributed by atoms with E-state index in [9.17, 15) is 13.2 Å². The molecule has 0 spiro atoms. The maximum absolute atomic E-state index is 13.4. The molecule has 2 aromatic carbocycles. The van der Waals surface area contributed by atoms with Gasteiger partial charge >= 0.3 is 0 Å². The molecule has 4 rings (SSSR count). The number of piperazine rings is 1. The number of rotatable bonds is 8. The van der Waals surface area contributed by atoms with Gasteiger partial charge in [-0.1, -0.05) is 12.1 Å². The van der Waals surface area contributed by atoms with Crippen molar-refractivity contribution in [2.75, 3.05) is 63.5 Å². The molecule has 0 bridgehead atoms. The zero-order valence-corrected chi connectivity index (χ0v) is 18.0. The van der Waals surface area contributed by atoms with E-state index in [0.29, 0.717) is 24.5 Å². The molecule has 1 saturated heterocycles. The van der Waals surface area contributed by atoms with E-state index < -0.39 is 17.5 Å². The van der Waals surface area contributed by atoms with Crippen LogP contribution in [0.5, 0.6) is 0 Å². The topological polar surface area (TPSA) is 56.3 Å². The van der Waals surface area contributed by atoms with E-state index in [0.717, 1.165) is 68.1 Å². The van der Waals surface area contributed by atoms with Gasteiger partial charge in [0.1, 0.15) is 5.82 Å². The monoisotopic (exact) mass is 444 g/mol. The van der Waals surface area contributed by atoms with Gasteiger partial charge in [-0.3, -0.25) is 4.90 Å². The van der Waals surface area contributed by atoms with Crippen LogP contribution in [-0.4, -0.2) is 72.6 Å². The second-order valence-electron chi connectivity index (χ2n) is 8.03. The summed E-state index contributed by atoms with van der Waals surface area (Å²) in [4.78, 5) is 13.9. The van der Waals surface area contributed by atoms with Crippen molar-refractivity contribution in [3.8, 4) is 0 Å². The standard InChI is InChI=1S/C23H27F3N6/c1-31-10-12-32(13-11-31)9-8-27-22-17-4-2-3-5-20(17)29-23(30-22)28-7-6-16-14-18(24)21(26)19(25)15-16/h2-5,14-15H,6-13H2,1H3,(H2,27,28,29,30). The molecule has 1 aliphatic rings. The van der Waals surface area contributed by atoms with Crippen molar-refractivity contribution in [1.29, 1.82) is 0 Å². The molecule has 170 valence electrons. The van der Waals surface area contributed by atoms with Crippen molar-refractivity contribution in [1.82, 2.24) is 19.8 Å². The van der Waals surface area contributed by atoms with Crippen molar-refractivity contribution >= 4 is 22.7 Å². The lowest BCUT2D eigenvalue weighted by atomic mass is 10.1. The summed E-state index contributed by atoms with van der Waals surface area (Å²) >= 11 is 0. The fourth-order valence-corrected chi connectivity index (χ4v) is 3.77. The van der Waals surface area contributed by atoms with Crippen LogP contribution in [0.1, 0.15) is 5.56 Å². The van der Waals surface area contributed by atoms with Crippen LogP contribution in [0, 0.1) is 17.5 Å². The molecule has 0 aliphatic carbocycles. The third kappa shape index (κ3) is 5.46. The van der Waals surface area contributed by atoms with Gasteiger partial charge in [0, 0.05) is 51.2 Å². The molecule has 0 radical (unpaired) electrons. The van der Waals surface area contributed by atoms with Crippen LogP contribution in [-0.2, 0) is 6.42 Å². The predicted molar refractivity (Wildman–Crippen MR) is 120 cm³/mol. The number of anilines is 2. The highest BCUT2D eigenvalue weighted by Gasteiger charge is 2.14. The van der Waals surface area contributed by atoms with Crippen molar-refractivity contribution < 1.29 is 13.2 Å². The molecule has 32 heavy (non-hydrogen) atoms. The van der Waals surface area contributed by atoms with Crippen LogP contribution in [0.2, 0.25) is 0 Å². The molecule has 2 heterocycles. The van der Waals surface area contributed by atoms with Crippen LogP contribution >= 0.6 is 0 Å². The Bertz CT molecular complexity index is 1050. The van der Waals surface area contributed by atoms with Gasteiger partial charge < -0.3 is 15.5 Å². The second kappa shape index (κ2) is 10.1. The average molecular weight is 445 g/mol. The third-order valence-corrected chi connectivity index (χ3v) is 5.66. The molecular weight excluding hydrogens is 417 g/mol. The van der Waals surface area contributed by atoms with Gasteiger partial charge in [0.2, 0.25) is 5.95 Å². The molecule has 6 nitrogen and oxygen atoms in total. The first-order chi connectivity index (χ1) is 15.5. The van der Waals surface area contributed by atoms with E-state index in [4.69, 9.17) is 0 Å². The van der Waals surface area contributed by atoms with Crippen LogP contribution < -0.4 is 10.6 Å². The lowest BCUT2D eigenvalue weighted by Crippen LogP contribution is -2.45. The number of hydrogen-bond acceptors (Lipinski definition) is 6. The maximum Gasteiger partial charge on any atom is 0.225 e. The zero-order valence-electron chi connectivity index (χ0n) is 18.0. The predicted octanol–water partition coefficient (Wildman–Crippen LogP) is 3.36. The number of para-hydroxylation sites is 1. The Morgan fingerprint density at radius 3 is 2.38 bits per heavy atom. The smallest absolute Gasteiger partial charge is 0.225 e. The number of likely N-dealkylation sites (N-methyl/N-ethyl adjacent to an activating group) is 1. The first-order valence-electron chi connectivity index (χ1n) is 10.8. The lowest BCUT2D eigenvalue weighted by Gasteiger charge is -2.32. The minimum atomic E-state index is -1.45. The van der Waals surface area contributed by atoms with Crippen molar-refractivity contribution in [2.45, 2.75) is 6.42 Å². The largest absolute Gasteiger partial charge is 0.368 e. The summed E-state index contributed by atoms with van der Waals surface area (Å²) in [6.45, 7) is 6.30. The summed E-state index contributed by atoms with van der Waals surface area (Å²) in [7, 11) is 2.14. The van der Waals surface area contributed by atoms with Gasteiger partial charge in [-0.2, -0.15) is 4.98 Å². The van der Waals surface area contributed by atoms with Gasteiger partial charge in [-0.05, 0) is 43.3 Å². The fraction of sp³-hybridized carbons (Fsp3) is 0.391. The zero-order chi connectivity index (χ0) is 22.5. The molecule has 3 aromatic rings. The van der Waals surface area contributed by atoms with Crippen LogP contribution in [0.4, 0.5) is 24.9 Å². The van der Waals surface area contributed by atoms with Crippen LogP contribution in [0.3, 0.4) is 0 Å². The summed E-state index contributed by atoms with van der Waals surface area (Å²) in [6.07, 6.45) is 0.302. The second-order valence-corrected chi connectivity index (χ2v) is 8.03. The number of halogens is 3. The molecule has 1 fully saturated rings. The maximum atomic E-state index is 13.4. The Morgan fingerprint density at radius 1 is 0.906 bits per heavy atom. The summed E-state index contributed by atoms with van der Waals surface area (Å²) in [5, 5.41) is 7.47. The van der Waals surface area contributed by atoms with Gasteiger partial charge in [0.05, 0.1) is 5.52 Å². The van der Waals surface area contributed by atoms with E-state index in [2.05, 4.69) is 37.4 Å². The molecule has 2 N–H and O–H groups in total. The Labute approximate surface area is 185 Å². The summed E-state index contributed by atoms with van der Waals surface area (Å²) in [6, 6.07) is 9.76. The average Bonchev–Trinajstić information content (AvgIpc) is 2.79. The molecule has 9 heteroatoms. The summed E-state index contributed by atoms with van der Waals surface area (Å²) in [5.74, 6) is -2.66. The molecule has 0 amide bonds. The van der Waals surface area contributed by atoms with Gasteiger partial charge in [-0.25, -0.2) is 18.2 Å². The van der Waals surface area contributed by atoms with Crippen LogP contribution in [0.25, 0.3) is 10.9 Å². The van der Waals surface area contributed by atoms with Crippen molar-refractivity contribution in [2.24, 2.45) is 0 Å². The quantitative estimate of drug-likeness (QED) is 0.520. The van der Waals surface area contributed by atoms with E-state index in [-0.39, 0.29) is 0 Å². The van der Waals surface area contributed by atoms with E-state index >= 15 is 0 Å². The Hall–Kier alpha value is -2.91. The number of benzene rings is 2. The highest BCUT2D eigenvalue weighted by molar-refractivity contribution is 5.90. The Kier molecular flexibility index (Phi) is 7.06. The van der Waals surface area contributed by atoms with Gasteiger partial charge in [-0.15, -0.1) is 0 Å². The SMILES string of the molecule is CN1CCN(CCNc2nc(NCCc3cc(F)c(F)c(F)c3)nc3ccccc23)CC1. The fourth-order valence-electron chi connectivity index (χ4n) is 3.77. The number of aromatic nitrogens is 2. The number of nitrogens with zero attached hydrogens (tertiary/aromatic N) is 4. The first kappa shape index (κ1) is 22.3. The van der Waals surface area contributed by atoms with E-state index in [1.54, 1.807) is 0 Å². The van der Waals surface area contributed by atoms with Crippen molar-refractivity contribution in [3.63, 3.8) is 0 Å². The number of hydrogen-bond donors (Lipinski definition) is 2. The molecule has 0 atom stereocenters. The lowest BCUT2D eigenvalue weighted by molar-refractivity contribution is 0.158. The summed E-state index contributed by atoms with van der Waals surface area (Å²) in [5.41, 5.74) is 1.16. The van der Waals surface area contributed by atoms with Crippen molar-refractivity contribution in [3.05, 3.63) is 59.4 Å². The molecule has 0 unspecified atom stereocenters. The highest BCUT2D eigenvalue weighted by Crippen LogP contribution is 2.22. The Balaban J connectivity index is 1.40. The van der Waals surface area contributed by atoms with Gasteiger partial charge in [0.15, 0.2) is 17.5 Å². The van der Waals surface area contributed by atoms with Gasteiger partial charge in [0.25, 0.3) is 0 Å².